The van der Waals surface area contributed by atoms with Gasteiger partial charge in [0.2, 0.25) is 0 Å². The second-order valence-electron chi connectivity index (χ2n) is 4.82. The third-order valence-corrected chi connectivity index (χ3v) is 3.17. The van der Waals surface area contributed by atoms with Gasteiger partial charge in [0.05, 0.1) is 11.9 Å². The van der Waals surface area contributed by atoms with Gasteiger partial charge in [-0.05, 0) is 25.1 Å². The summed E-state index contributed by atoms with van der Waals surface area (Å²) in [5, 5.41) is 18.7. The lowest BCUT2D eigenvalue weighted by Crippen LogP contribution is -2.42. The quantitative estimate of drug-likeness (QED) is 0.700. The van der Waals surface area contributed by atoms with Crippen LogP contribution in [0.2, 0.25) is 0 Å². The van der Waals surface area contributed by atoms with E-state index in [0.29, 0.717) is 17.8 Å². The van der Waals surface area contributed by atoms with E-state index in [-0.39, 0.29) is 12.1 Å². The molecular weight excluding hydrogens is 305 g/mol. The minimum atomic E-state index is -1.23. The van der Waals surface area contributed by atoms with Crippen molar-refractivity contribution in [2.75, 3.05) is 6.54 Å². The van der Waals surface area contributed by atoms with Crippen molar-refractivity contribution in [2.24, 2.45) is 5.73 Å². The zero-order valence-corrected chi connectivity index (χ0v) is 12.4. The summed E-state index contributed by atoms with van der Waals surface area (Å²) in [6.45, 7) is 2.15. The largest absolute Gasteiger partial charge is 0.480 e. The van der Waals surface area contributed by atoms with Crippen molar-refractivity contribution in [1.29, 1.82) is 0 Å². The Bertz CT molecular complexity index is 731. The van der Waals surface area contributed by atoms with Crippen LogP contribution in [-0.2, 0) is 11.3 Å². The topological polar surface area (TPSA) is 123 Å². The maximum atomic E-state index is 13.8. The summed E-state index contributed by atoms with van der Waals surface area (Å²) in [6.07, 6.45) is 1.47. The molecule has 1 heterocycles. The first kappa shape index (κ1) is 16.6. The highest BCUT2D eigenvalue weighted by Crippen LogP contribution is 2.21. The Morgan fingerprint density at radius 3 is 2.83 bits per heavy atom. The fraction of sp³-hybridized carbons (Fsp3) is 0.286. The van der Waals surface area contributed by atoms with Gasteiger partial charge in [0, 0.05) is 24.2 Å². The molecule has 1 amide bonds. The highest BCUT2D eigenvalue weighted by atomic mass is 19.1. The Balaban J connectivity index is 2.23. The van der Waals surface area contributed by atoms with Gasteiger partial charge in [-0.25, -0.2) is 9.07 Å². The van der Waals surface area contributed by atoms with Crippen molar-refractivity contribution in [2.45, 2.75) is 19.5 Å². The number of nitrogens with one attached hydrogen (secondary N) is 1. The second-order valence-corrected chi connectivity index (χ2v) is 4.82. The number of halogens is 1. The van der Waals surface area contributed by atoms with E-state index in [1.807, 2.05) is 6.92 Å². The molecule has 9 heteroatoms. The molecule has 0 aliphatic carbocycles. The minimum Gasteiger partial charge on any atom is -0.480 e. The zero-order chi connectivity index (χ0) is 17.0. The first-order valence-corrected chi connectivity index (χ1v) is 6.88. The number of aromatic nitrogens is 3. The van der Waals surface area contributed by atoms with Crippen LogP contribution in [0.25, 0.3) is 11.3 Å². The van der Waals surface area contributed by atoms with Crippen LogP contribution in [0.4, 0.5) is 4.39 Å². The molecule has 0 radical (unpaired) electrons. The molecule has 122 valence electrons. The Morgan fingerprint density at radius 1 is 1.43 bits per heavy atom. The molecule has 0 unspecified atom stereocenters. The molecule has 2 rings (SSSR count). The third-order valence-electron chi connectivity index (χ3n) is 3.17. The Kier molecular flexibility index (Phi) is 5.02. The van der Waals surface area contributed by atoms with E-state index < -0.39 is 23.7 Å². The number of carbonyl (C=O) groups excluding carboxylic acids is 1. The third kappa shape index (κ3) is 3.89. The number of carboxylic acid groups (broad SMARTS) is 1. The molecule has 1 atom stereocenters. The van der Waals surface area contributed by atoms with E-state index in [0.717, 1.165) is 6.07 Å². The molecular formula is C14H16FN5O3. The van der Waals surface area contributed by atoms with Crippen LogP contribution in [0.5, 0.6) is 0 Å². The lowest BCUT2D eigenvalue weighted by molar-refractivity contribution is -0.138. The van der Waals surface area contributed by atoms with Crippen molar-refractivity contribution in [3.05, 3.63) is 35.8 Å². The van der Waals surface area contributed by atoms with Crippen LogP contribution in [0, 0.1) is 5.82 Å². The average Bonchev–Trinajstić information content (AvgIpc) is 3.00. The number of nitrogens with two attached hydrogens (primary N) is 1. The number of amides is 1. The number of nitrogens with zero attached hydrogens (tertiary/aromatic N) is 3. The number of carbonyl (C=O) groups is 2. The van der Waals surface area contributed by atoms with Gasteiger partial charge in [0.25, 0.3) is 5.91 Å². The number of aryl methyl sites for hydroxylation is 1. The van der Waals surface area contributed by atoms with Crippen LogP contribution in [0.3, 0.4) is 0 Å². The highest BCUT2D eigenvalue weighted by molar-refractivity contribution is 5.95. The Hall–Kier alpha value is -2.81. The average molecular weight is 321 g/mol. The van der Waals surface area contributed by atoms with Crippen LogP contribution in [0.1, 0.15) is 17.3 Å². The molecule has 2 aromatic rings. The summed E-state index contributed by atoms with van der Waals surface area (Å²) >= 11 is 0. The second kappa shape index (κ2) is 6.97. The molecule has 23 heavy (non-hydrogen) atoms. The van der Waals surface area contributed by atoms with Crippen molar-refractivity contribution >= 4 is 11.9 Å². The van der Waals surface area contributed by atoms with E-state index in [1.165, 1.54) is 18.3 Å². The van der Waals surface area contributed by atoms with E-state index in [2.05, 4.69) is 15.6 Å². The monoisotopic (exact) mass is 321 g/mol. The normalized spacial score (nSPS) is 12.0. The molecule has 0 aliphatic heterocycles. The highest BCUT2D eigenvalue weighted by Gasteiger charge is 2.16. The van der Waals surface area contributed by atoms with Crippen LogP contribution < -0.4 is 11.1 Å². The van der Waals surface area contributed by atoms with Gasteiger partial charge in [-0.2, -0.15) is 0 Å². The number of carboxylic acids is 1. The maximum Gasteiger partial charge on any atom is 0.322 e. The predicted molar refractivity (Wildman–Crippen MR) is 79.0 cm³/mol. The number of hydrogen-bond acceptors (Lipinski definition) is 5. The van der Waals surface area contributed by atoms with Gasteiger partial charge in [-0.15, -0.1) is 5.10 Å². The summed E-state index contributed by atoms with van der Waals surface area (Å²) in [7, 11) is 0. The number of hydrogen-bond donors (Lipinski definition) is 3. The van der Waals surface area contributed by atoms with Gasteiger partial charge in [-0.3, -0.25) is 9.59 Å². The lowest BCUT2D eigenvalue weighted by Gasteiger charge is -2.10. The summed E-state index contributed by atoms with van der Waals surface area (Å²) < 4.78 is 15.4. The van der Waals surface area contributed by atoms with E-state index in [9.17, 15) is 14.0 Å². The fourth-order valence-corrected chi connectivity index (χ4v) is 1.98. The fourth-order valence-electron chi connectivity index (χ4n) is 1.98. The SMILES string of the molecule is CCn1nncc1-c1cc(F)cc(C(=O)NC[C@@H](N)C(=O)O)c1. The summed E-state index contributed by atoms with van der Waals surface area (Å²) in [6, 6.07) is 2.59. The first-order valence-electron chi connectivity index (χ1n) is 6.88. The molecule has 0 aliphatic rings. The van der Waals surface area contributed by atoms with E-state index in [1.54, 1.807) is 4.68 Å². The van der Waals surface area contributed by atoms with Gasteiger partial charge in [0.15, 0.2) is 0 Å². The molecule has 0 bridgehead atoms. The zero-order valence-electron chi connectivity index (χ0n) is 12.4. The van der Waals surface area contributed by atoms with Gasteiger partial charge in [0.1, 0.15) is 11.9 Å². The van der Waals surface area contributed by atoms with Crippen molar-refractivity contribution in [3.63, 3.8) is 0 Å². The molecule has 4 N–H and O–H groups in total. The van der Waals surface area contributed by atoms with Crippen LogP contribution in [-0.4, -0.2) is 44.6 Å². The first-order chi connectivity index (χ1) is 10.9. The number of rotatable bonds is 6. The molecule has 0 saturated heterocycles. The Morgan fingerprint density at radius 2 is 2.17 bits per heavy atom. The van der Waals surface area contributed by atoms with Crippen molar-refractivity contribution in [1.82, 2.24) is 20.3 Å². The lowest BCUT2D eigenvalue weighted by atomic mass is 10.1. The number of aliphatic carboxylic acids is 1. The smallest absolute Gasteiger partial charge is 0.322 e. The summed E-state index contributed by atoms with van der Waals surface area (Å²) in [5.41, 5.74) is 6.39. The van der Waals surface area contributed by atoms with Crippen LogP contribution >= 0.6 is 0 Å². The van der Waals surface area contributed by atoms with E-state index >= 15 is 0 Å². The molecule has 0 saturated carbocycles. The molecule has 1 aromatic carbocycles. The molecule has 0 fully saturated rings. The van der Waals surface area contributed by atoms with Crippen LogP contribution in [0.15, 0.2) is 24.4 Å². The number of benzene rings is 1. The van der Waals surface area contributed by atoms with Gasteiger partial charge in [-0.1, -0.05) is 5.21 Å². The Labute approximate surface area is 131 Å². The summed E-state index contributed by atoms with van der Waals surface area (Å²) in [4.78, 5) is 22.7. The molecule has 0 spiro atoms. The predicted octanol–water partition coefficient (Wildman–Crippen LogP) is 0.246. The van der Waals surface area contributed by atoms with Gasteiger partial charge >= 0.3 is 5.97 Å². The maximum absolute atomic E-state index is 13.8. The molecule has 1 aromatic heterocycles. The summed E-state index contributed by atoms with van der Waals surface area (Å²) in [5.74, 6) is -2.44. The van der Waals surface area contributed by atoms with Gasteiger partial charge < -0.3 is 16.2 Å². The minimum absolute atomic E-state index is 0.0569. The van der Waals surface area contributed by atoms with Crippen molar-refractivity contribution in [3.8, 4) is 11.3 Å². The molecule has 8 nitrogen and oxygen atoms in total. The standard InChI is InChI=1S/C14H16FN5O3/c1-2-20-12(7-18-19-20)8-3-9(5-10(15)4-8)13(21)17-6-11(16)14(22)23/h3-5,7,11H,2,6,16H2,1H3,(H,17,21)(H,22,23)/t11-/m1/s1. The van der Waals surface area contributed by atoms with Crippen molar-refractivity contribution < 1.29 is 19.1 Å². The van der Waals surface area contributed by atoms with E-state index in [4.69, 9.17) is 10.8 Å².